The number of carbonyl (C=O) groups is 2. The van der Waals surface area contributed by atoms with Crippen LogP contribution in [0.2, 0.25) is 0 Å². The minimum absolute atomic E-state index is 0.0338. The topological polar surface area (TPSA) is 428 Å². The number of carboxylic acids is 2. The van der Waals surface area contributed by atoms with E-state index >= 15 is 0 Å². The predicted molar refractivity (Wildman–Crippen MR) is 187 cm³/mol. The van der Waals surface area contributed by atoms with Gasteiger partial charge in [0.05, 0.1) is 37.9 Å². The lowest BCUT2D eigenvalue weighted by molar-refractivity contribution is -0.370. The Morgan fingerprint density at radius 1 is 0.667 bits per heavy atom. The lowest BCUT2D eigenvalue weighted by atomic mass is 9.91. The normalized spacial score (nSPS) is 37.5. The number of unbranched alkanes of at least 4 members (excludes halogenated alkanes) is 2. The lowest BCUT2D eigenvalue weighted by Gasteiger charge is -2.48. The molecule has 0 amide bonds. The number of aliphatic hydroxyl groups excluding tert-OH is 8. The average molecular weight is 923 g/mol. The van der Waals surface area contributed by atoms with E-state index < -0.39 is 169 Å². The second kappa shape index (κ2) is 22.6. The highest BCUT2D eigenvalue weighted by molar-refractivity contribution is 7.81. The second-order valence-corrected chi connectivity index (χ2v) is 16.6. The van der Waals surface area contributed by atoms with Crippen molar-refractivity contribution in [3.8, 4) is 0 Å². The van der Waals surface area contributed by atoms with Crippen LogP contribution < -0.4 is 0 Å². The van der Waals surface area contributed by atoms with Gasteiger partial charge < -0.3 is 84.2 Å². The van der Waals surface area contributed by atoms with Crippen LogP contribution in [0.15, 0.2) is 0 Å². The van der Waals surface area contributed by atoms with Gasteiger partial charge in [-0.1, -0.05) is 33.6 Å². The van der Waals surface area contributed by atoms with Crippen LogP contribution in [0.4, 0.5) is 0 Å². The average Bonchev–Trinajstić information content (AvgIpc) is 3.15. The highest BCUT2D eigenvalue weighted by Gasteiger charge is 2.55. The van der Waals surface area contributed by atoms with Gasteiger partial charge in [-0.05, 0) is 6.42 Å². The summed E-state index contributed by atoms with van der Waals surface area (Å²) >= 11 is 0. The molecule has 3 saturated heterocycles. The molecule has 29 heteroatoms. The minimum atomic E-state index is -5.26. The van der Waals surface area contributed by atoms with E-state index in [0.29, 0.717) is 12.8 Å². The summed E-state index contributed by atoms with van der Waals surface area (Å²) in [5, 5.41) is 106. The van der Waals surface area contributed by atoms with Crippen LogP contribution in [-0.2, 0) is 71.9 Å². The smallest absolute Gasteiger partial charge is 0.397 e. The Bertz CT molecular complexity index is 1580. The van der Waals surface area contributed by atoms with Crippen molar-refractivity contribution in [1.29, 1.82) is 0 Å². The number of ether oxygens (including phenoxy) is 7. The van der Waals surface area contributed by atoms with Gasteiger partial charge in [-0.15, -0.1) is 0 Å². The van der Waals surface area contributed by atoms with Crippen molar-refractivity contribution < 1.29 is 128 Å². The number of hydrogen-bond donors (Lipinski definition) is 12. The fourth-order valence-corrected chi connectivity index (χ4v) is 7.04. The molecule has 0 bridgehead atoms. The van der Waals surface area contributed by atoms with Crippen LogP contribution in [0.1, 0.15) is 46.5 Å². The molecule has 3 rings (SSSR count). The third-order valence-corrected chi connectivity index (χ3v) is 10.7. The zero-order chi connectivity index (χ0) is 45.4. The van der Waals surface area contributed by atoms with Crippen LogP contribution in [0.5, 0.6) is 0 Å². The van der Waals surface area contributed by atoms with Gasteiger partial charge in [0.1, 0.15) is 54.9 Å². The third kappa shape index (κ3) is 14.6. The van der Waals surface area contributed by atoms with Crippen LogP contribution in [-0.4, -0.2) is 213 Å². The van der Waals surface area contributed by atoms with Crippen LogP contribution in [0, 0.1) is 11.8 Å². The summed E-state index contributed by atoms with van der Waals surface area (Å²) in [6.45, 7) is 2.02. The molecule has 0 aliphatic carbocycles. The maximum atomic E-state index is 12.4. The highest BCUT2D eigenvalue weighted by atomic mass is 32.3. The molecule has 19 atom stereocenters. The Labute approximate surface area is 343 Å². The van der Waals surface area contributed by atoms with E-state index in [9.17, 15) is 82.0 Å². The van der Waals surface area contributed by atoms with Gasteiger partial charge in [-0.2, -0.15) is 16.8 Å². The van der Waals surface area contributed by atoms with Gasteiger partial charge in [-0.3, -0.25) is 13.9 Å². The maximum Gasteiger partial charge on any atom is 0.397 e. The Morgan fingerprint density at radius 2 is 1.22 bits per heavy atom. The van der Waals surface area contributed by atoms with Gasteiger partial charge in [0, 0.05) is 18.4 Å². The van der Waals surface area contributed by atoms with Crippen molar-refractivity contribution in [2.75, 3.05) is 19.8 Å². The fourth-order valence-electron chi connectivity index (χ4n) is 6.43. The van der Waals surface area contributed by atoms with Crippen LogP contribution in [0.25, 0.3) is 0 Å². The molecule has 3 heterocycles. The predicted octanol–water partition coefficient (Wildman–Crippen LogP) is -5.16. The molecule has 0 spiro atoms. The van der Waals surface area contributed by atoms with E-state index in [2.05, 4.69) is 8.37 Å². The van der Waals surface area contributed by atoms with E-state index in [1.807, 2.05) is 6.92 Å². The van der Waals surface area contributed by atoms with E-state index in [-0.39, 0.29) is 6.61 Å². The zero-order valence-corrected chi connectivity index (χ0v) is 33.9. The van der Waals surface area contributed by atoms with E-state index in [4.69, 9.17) is 37.7 Å². The summed E-state index contributed by atoms with van der Waals surface area (Å²) in [7, 11) is -10.3. The summed E-state index contributed by atoms with van der Waals surface area (Å²) in [6, 6.07) is 0. The number of carboxylic acid groups (broad SMARTS) is 2. The quantitative estimate of drug-likeness (QED) is 0.0259. The fraction of sp³-hybridized carbons (Fsp3) is 0.935. The Balaban J connectivity index is 1.84. The van der Waals surface area contributed by atoms with Gasteiger partial charge >= 0.3 is 32.7 Å². The molecule has 0 aromatic rings. The molecule has 3 aliphatic rings. The first kappa shape index (κ1) is 52.4. The van der Waals surface area contributed by atoms with Crippen LogP contribution in [0.3, 0.4) is 0 Å². The lowest BCUT2D eigenvalue weighted by Crippen LogP contribution is -2.66. The number of aliphatic hydroxyl groups is 8. The molecule has 3 aliphatic heterocycles. The van der Waals surface area contributed by atoms with Crippen molar-refractivity contribution in [2.45, 2.75) is 151 Å². The molecular weight excluding hydrogens is 868 g/mol. The third-order valence-electron chi connectivity index (χ3n) is 9.86. The minimum Gasteiger partial charge on any atom is -0.481 e. The van der Waals surface area contributed by atoms with Gasteiger partial charge in [-0.25, -0.2) is 13.2 Å². The Morgan fingerprint density at radius 3 is 1.77 bits per heavy atom. The standard InChI is InChI=1S/C31H54O27S2/c1-4-5-6-7-50-28(43)22(39)19(36)13(8-16(32)33)53-29-12(3)18(35)24(15(55-29)10-52-60(47,48)49)56-31-23(40)21(38)25(26(58-31)27(41)42)57-30-11(2)17(34)20(37)14(54-30)9-51-59(44,45)46/h11-15,17-26,28-31,34-40,43H,4-10H2,1-3H3,(H,32,33)(H,41,42)(H,44,45,46)(H,47,48,49)/t11?,12?,13?,14?,15?,17?,18?,19?,20?,21?,22?,23-,24?,25?,26?,28?,29?,30?,31+/m0/s1. The first-order chi connectivity index (χ1) is 27.8. The molecule has 3 fully saturated rings. The number of aliphatic carboxylic acids is 2. The first-order valence-electron chi connectivity index (χ1n) is 18.4. The highest BCUT2D eigenvalue weighted by Crippen LogP contribution is 2.36. The molecule has 0 saturated carbocycles. The van der Waals surface area contributed by atoms with Crippen molar-refractivity contribution in [3.05, 3.63) is 0 Å². The molecule has 0 aromatic heterocycles. The summed E-state index contributed by atoms with van der Waals surface area (Å²) in [4.78, 5) is 24.1. The van der Waals surface area contributed by atoms with Crippen molar-refractivity contribution in [3.63, 3.8) is 0 Å². The first-order valence-corrected chi connectivity index (χ1v) is 21.2. The van der Waals surface area contributed by atoms with Crippen molar-refractivity contribution in [2.24, 2.45) is 11.8 Å². The second-order valence-electron chi connectivity index (χ2n) is 14.4. The van der Waals surface area contributed by atoms with Crippen molar-refractivity contribution in [1.82, 2.24) is 0 Å². The summed E-state index contributed by atoms with van der Waals surface area (Å²) in [6.07, 6.45) is -33.2. The molecule has 0 radical (unpaired) electrons. The summed E-state index contributed by atoms with van der Waals surface area (Å²) in [5.41, 5.74) is 0. The largest absolute Gasteiger partial charge is 0.481 e. The van der Waals surface area contributed by atoms with E-state index in [0.717, 1.165) is 6.42 Å². The number of hydrogen-bond acceptors (Lipinski definition) is 23. The van der Waals surface area contributed by atoms with Gasteiger partial charge in [0.25, 0.3) is 0 Å². The van der Waals surface area contributed by atoms with Gasteiger partial charge in [0.15, 0.2) is 31.3 Å². The maximum absolute atomic E-state index is 12.4. The monoisotopic (exact) mass is 922 g/mol. The van der Waals surface area contributed by atoms with E-state index in [1.165, 1.54) is 13.8 Å². The molecular formula is C31H54O27S2. The molecule has 352 valence electrons. The SMILES string of the molecule is CCCCCOC(O)C(O)C(O)C(CC(=O)O)OC1OC(COS(=O)(=O)O)C(O[C@@H]2OC(C(=O)O)C(OC3OC(COS(=O)(=O)O)C(O)C(O)C3C)C(O)[C@@H]2O)C(O)C1C. The Hall–Kier alpha value is -1.92. The molecule has 17 unspecified atom stereocenters. The molecule has 12 N–H and O–H groups in total. The Kier molecular flexibility index (Phi) is 19.8. The number of rotatable bonds is 23. The molecule has 0 aromatic carbocycles. The van der Waals surface area contributed by atoms with E-state index in [1.54, 1.807) is 0 Å². The van der Waals surface area contributed by atoms with Crippen LogP contribution >= 0.6 is 0 Å². The zero-order valence-electron chi connectivity index (χ0n) is 32.2. The molecule has 27 nitrogen and oxygen atoms in total. The van der Waals surface area contributed by atoms with Gasteiger partial charge in [0.2, 0.25) is 0 Å². The summed E-state index contributed by atoms with van der Waals surface area (Å²) in [5.74, 6) is -6.07. The summed E-state index contributed by atoms with van der Waals surface area (Å²) < 4.78 is 110. The van der Waals surface area contributed by atoms with Crippen molar-refractivity contribution >= 4 is 32.7 Å². The molecule has 60 heavy (non-hydrogen) atoms.